The van der Waals surface area contributed by atoms with E-state index in [9.17, 15) is 9.59 Å². The van der Waals surface area contributed by atoms with Gasteiger partial charge in [0.1, 0.15) is 11.7 Å². The second kappa shape index (κ2) is 10.4. The molecule has 34 heavy (non-hydrogen) atoms. The van der Waals surface area contributed by atoms with Crippen molar-refractivity contribution in [3.8, 4) is 11.3 Å². The number of ketones is 1. The molecule has 3 aromatic rings. The van der Waals surface area contributed by atoms with Crippen LogP contribution in [0.2, 0.25) is 0 Å². The maximum absolute atomic E-state index is 13.2. The van der Waals surface area contributed by atoms with Gasteiger partial charge in [-0.15, -0.1) is 0 Å². The summed E-state index contributed by atoms with van der Waals surface area (Å²) in [6.07, 6.45) is 5.21. The zero-order valence-electron chi connectivity index (χ0n) is 18.6. The Morgan fingerprint density at radius 3 is 2.56 bits per heavy atom. The fourth-order valence-corrected chi connectivity index (χ4v) is 3.82. The molecule has 0 amide bonds. The third-order valence-electron chi connectivity index (χ3n) is 5.67. The molecule has 1 atom stereocenters. The number of hydrogen-bond donors (Lipinski definition) is 3. The van der Waals surface area contributed by atoms with Gasteiger partial charge in [0.05, 0.1) is 25.1 Å². The Kier molecular flexibility index (Phi) is 7.09. The van der Waals surface area contributed by atoms with Crippen LogP contribution in [0.25, 0.3) is 11.3 Å². The summed E-state index contributed by atoms with van der Waals surface area (Å²) in [5.74, 6) is -1.24. The second-order valence-corrected chi connectivity index (χ2v) is 8.04. The minimum Gasteiger partial charge on any atom is -0.480 e. The molecule has 0 bridgehead atoms. The van der Waals surface area contributed by atoms with Gasteiger partial charge >= 0.3 is 5.97 Å². The van der Waals surface area contributed by atoms with E-state index in [0.29, 0.717) is 18.9 Å². The number of nitrogen functional groups attached to an aromatic ring is 1. The summed E-state index contributed by atoms with van der Waals surface area (Å²) in [6.45, 7) is 2.76. The number of ether oxygens (including phenoxy) is 1. The highest BCUT2D eigenvalue weighted by Gasteiger charge is 2.20. The molecular formula is C24H26N6O4. The predicted octanol–water partition coefficient (Wildman–Crippen LogP) is 1.34. The molecule has 1 aromatic carbocycles. The van der Waals surface area contributed by atoms with Crippen molar-refractivity contribution in [1.82, 2.24) is 15.0 Å². The minimum atomic E-state index is -1.05. The largest absolute Gasteiger partial charge is 0.480 e. The number of carbonyl (C=O) groups is 2. The molecule has 1 aliphatic heterocycles. The number of carboxylic acid groups (broad SMARTS) is 1. The maximum atomic E-state index is 13.2. The quantitative estimate of drug-likeness (QED) is 0.417. The number of rotatable bonds is 8. The Morgan fingerprint density at radius 1 is 1.12 bits per heavy atom. The van der Waals surface area contributed by atoms with Crippen LogP contribution in [0.4, 0.5) is 11.5 Å². The molecule has 10 nitrogen and oxygen atoms in total. The number of Topliss-reactive ketones (excluding diaryl/α,β-unsaturated/α-hetero) is 1. The highest BCUT2D eigenvalue weighted by molar-refractivity contribution is 6.00. The summed E-state index contributed by atoms with van der Waals surface area (Å²) >= 11 is 0. The van der Waals surface area contributed by atoms with E-state index in [2.05, 4.69) is 19.9 Å². The lowest BCUT2D eigenvalue weighted by atomic mass is 10.0. The molecule has 0 saturated carbocycles. The molecule has 2 aromatic heterocycles. The molecule has 0 spiro atoms. The molecule has 1 fully saturated rings. The molecule has 176 valence electrons. The van der Waals surface area contributed by atoms with Gasteiger partial charge in [0.2, 0.25) is 0 Å². The summed E-state index contributed by atoms with van der Waals surface area (Å²) < 4.78 is 5.43. The molecule has 0 radical (unpaired) electrons. The van der Waals surface area contributed by atoms with E-state index in [1.807, 2.05) is 6.07 Å². The lowest BCUT2D eigenvalue weighted by molar-refractivity contribution is -0.138. The molecule has 5 N–H and O–H groups in total. The summed E-state index contributed by atoms with van der Waals surface area (Å²) in [5.41, 5.74) is 15.5. The first-order valence-corrected chi connectivity index (χ1v) is 10.9. The number of carbonyl (C=O) groups excluding carboxylic acids is 1. The van der Waals surface area contributed by atoms with Gasteiger partial charge in [0, 0.05) is 48.7 Å². The lowest BCUT2D eigenvalue weighted by Crippen LogP contribution is -2.37. The summed E-state index contributed by atoms with van der Waals surface area (Å²) in [4.78, 5) is 39.2. The Balaban J connectivity index is 1.54. The maximum Gasteiger partial charge on any atom is 0.320 e. The van der Waals surface area contributed by atoms with Gasteiger partial charge in [0.15, 0.2) is 11.6 Å². The van der Waals surface area contributed by atoms with Gasteiger partial charge in [-0.3, -0.25) is 14.6 Å². The van der Waals surface area contributed by atoms with Gasteiger partial charge in [-0.1, -0.05) is 24.3 Å². The summed E-state index contributed by atoms with van der Waals surface area (Å²) in [5, 5.41) is 8.98. The number of carboxylic acids is 1. The van der Waals surface area contributed by atoms with Crippen LogP contribution >= 0.6 is 0 Å². The minimum absolute atomic E-state index is 0.0645. The van der Waals surface area contributed by atoms with E-state index in [1.54, 1.807) is 36.7 Å². The number of aliphatic carboxylic acids is 1. The zero-order chi connectivity index (χ0) is 24.1. The molecule has 3 heterocycles. The van der Waals surface area contributed by atoms with Crippen molar-refractivity contribution in [1.29, 1.82) is 0 Å². The van der Waals surface area contributed by atoms with Crippen LogP contribution in [0, 0.1) is 0 Å². The second-order valence-electron chi connectivity index (χ2n) is 8.04. The monoisotopic (exact) mass is 462 g/mol. The Labute approximate surface area is 196 Å². The first-order valence-electron chi connectivity index (χ1n) is 10.9. The number of pyridine rings is 1. The van der Waals surface area contributed by atoms with E-state index in [1.165, 1.54) is 6.20 Å². The van der Waals surface area contributed by atoms with Crippen molar-refractivity contribution in [3.05, 3.63) is 65.7 Å². The average molecular weight is 463 g/mol. The third kappa shape index (κ3) is 5.36. The third-order valence-corrected chi connectivity index (χ3v) is 5.67. The van der Waals surface area contributed by atoms with Crippen LogP contribution in [0.1, 0.15) is 21.6 Å². The Morgan fingerprint density at radius 2 is 1.85 bits per heavy atom. The molecule has 10 heteroatoms. The number of nitrogens with zero attached hydrogens (tertiary/aromatic N) is 4. The van der Waals surface area contributed by atoms with Crippen molar-refractivity contribution >= 4 is 23.3 Å². The fraction of sp³-hybridized carbons (Fsp3) is 0.292. The first kappa shape index (κ1) is 23.3. The number of anilines is 2. The first-order chi connectivity index (χ1) is 16.4. The standard InChI is InChI=1S/C24H26N6O4/c25-18(24(32)33)11-15-1-3-16(4-2-15)19-14-28-23(26)22(29-19)21(31)12-17-13-27-6-5-20(17)30-7-9-34-10-8-30/h1-6,13-14,18H,7-12,25H2,(H2,26,28)(H,32,33)/t18-/m1/s1. The zero-order valence-corrected chi connectivity index (χ0v) is 18.6. The van der Waals surface area contributed by atoms with Gasteiger partial charge in [-0.2, -0.15) is 0 Å². The molecule has 0 aliphatic carbocycles. The van der Waals surface area contributed by atoms with Gasteiger partial charge < -0.3 is 26.2 Å². The van der Waals surface area contributed by atoms with Crippen molar-refractivity contribution in [2.45, 2.75) is 18.9 Å². The molecule has 4 rings (SSSR count). The highest BCUT2D eigenvalue weighted by atomic mass is 16.5. The Hall–Kier alpha value is -3.89. The van der Waals surface area contributed by atoms with Crippen molar-refractivity contribution in [2.24, 2.45) is 5.73 Å². The molecule has 1 saturated heterocycles. The van der Waals surface area contributed by atoms with Gasteiger partial charge in [0.25, 0.3) is 0 Å². The van der Waals surface area contributed by atoms with E-state index in [-0.39, 0.29) is 30.1 Å². The van der Waals surface area contributed by atoms with Gasteiger partial charge in [-0.25, -0.2) is 9.97 Å². The van der Waals surface area contributed by atoms with Crippen molar-refractivity contribution in [3.63, 3.8) is 0 Å². The highest BCUT2D eigenvalue weighted by Crippen LogP contribution is 2.24. The SMILES string of the molecule is Nc1ncc(-c2ccc(C[C@@H](N)C(=O)O)cc2)nc1C(=O)Cc1cnccc1N1CCOCC1. The molecular weight excluding hydrogens is 436 g/mol. The number of morpholine rings is 1. The average Bonchev–Trinajstić information content (AvgIpc) is 2.85. The number of benzene rings is 1. The summed E-state index contributed by atoms with van der Waals surface area (Å²) in [6, 6.07) is 8.06. The van der Waals surface area contributed by atoms with Crippen LogP contribution in [0.5, 0.6) is 0 Å². The smallest absolute Gasteiger partial charge is 0.320 e. The Bertz CT molecular complexity index is 1180. The predicted molar refractivity (Wildman–Crippen MR) is 126 cm³/mol. The van der Waals surface area contributed by atoms with Crippen molar-refractivity contribution in [2.75, 3.05) is 36.9 Å². The lowest BCUT2D eigenvalue weighted by Gasteiger charge is -2.30. The van der Waals surface area contributed by atoms with E-state index >= 15 is 0 Å². The fourth-order valence-electron chi connectivity index (χ4n) is 3.82. The van der Waals surface area contributed by atoms with E-state index in [4.69, 9.17) is 21.3 Å². The molecule has 1 aliphatic rings. The van der Waals surface area contributed by atoms with Crippen molar-refractivity contribution < 1.29 is 19.4 Å². The molecule has 0 unspecified atom stereocenters. The van der Waals surface area contributed by atoms with Crippen LogP contribution in [-0.2, 0) is 22.4 Å². The van der Waals surface area contributed by atoms with Gasteiger partial charge in [-0.05, 0) is 18.1 Å². The van der Waals surface area contributed by atoms with Crippen LogP contribution < -0.4 is 16.4 Å². The van der Waals surface area contributed by atoms with Crippen LogP contribution in [0.3, 0.4) is 0 Å². The number of nitrogens with two attached hydrogens (primary N) is 2. The normalized spacial score (nSPS) is 14.6. The van der Waals surface area contributed by atoms with Crippen LogP contribution in [-0.4, -0.2) is 64.2 Å². The number of hydrogen-bond acceptors (Lipinski definition) is 9. The van der Waals surface area contributed by atoms with Crippen LogP contribution in [0.15, 0.2) is 48.9 Å². The topological polar surface area (TPSA) is 158 Å². The summed E-state index contributed by atoms with van der Waals surface area (Å²) in [7, 11) is 0. The van der Waals surface area contributed by atoms with E-state index in [0.717, 1.165) is 35.5 Å². The number of aromatic nitrogens is 3. The van der Waals surface area contributed by atoms with E-state index < -0.39 is 12.0 Å².